The number of carbonyl (C=O) groups is 2. The molecule has 6 atom stereocenters. The van der Waals surface area contributed by atoms with Crippen molar-refractivity contribution in [3.63, 3.8) is 0 Å². The lowest BCUT2D eigenvalue weighted by molar-refractivity contribution is -0.149. The highest BCUT2D eigenvalue weighted by Gasteiger charge is 2.58. The smallest absolute Gasteiger partial charge is 0.323 e. The Morgan fingerprint density at radius 1 is 1.34 bits per heavy atom. The third-order valence-electron chi connectivity index (χ3n) is 5.68. The van der Waals surface area contributed by atoms with Gasteiger partial charge in [-0.15, -0.1) is 0 Å². The summed E-state index contributed by atoms with van der Waals surface area (Å²) in [5.74, 6) is -0.251. The summed E-state index contributed by atoms with van der Waals surface area (Å²) in [5, 5.41) is 10.7. The van der Waals surface area contributed by atoms with Gasteiger partial charge in [0.15, 0.2) is 22.8 Å². The standard InChI is InChI=1S/C23H35ClFN6O7PS2/c1-12(2)37-19(33)13(3)30-39(40,35-7-8-41-21(34)22(4,5)6)36-9-14-16(32)23(24,25)20(38-14)31-11-29-15-17(26)27-10-28-18(15)31/h10-14,16,20,32H,7-9H2,1-6H3,(H,30,40)(H2,26,27,28)/t13-,14-,16-,20-,23+,39?/m1/s1. The molecular weight excluding hydrogens is 622 g/mol. The molecule has 1 aliphatic heterocycles. The van der Waals surface area contributed by atoms with Crippen LogP contribution in [0.15, 0.2) is 12.7 Å². The molecule has 0 spiro atoms. The Bertz CT molecular complexity index is 1300. The Morgan fingerprint density at radius 3 is 2.66 bits per heavy atom. The fourth-order valence-electron chi connectivity index (χ4n) is 3.56. The maximum atomic E-state index is 15.6. The zero-order chi connectivity index (χ0) is 30.8. The van der Waals surface area contributed by atoms with E-state index in [4.69, 9.17) is 47.7 Å². The molecule has 2 aromatic heterocycles. The number of aliphatic hydroxyl groups excluding tert-OH is 1. The van der Waals surface area contributed by atoms with Gasteiger partial charge in [-0.05, 0) is 32.6 Å². The van der Waals surface area contributed by atoms with Crippen LogP contribution in [0.3, 0.4) is 0 Å². The average molecular weight is 657 g/mol. The number of nitrogen functional groups attached to an aromatic ring is 1. The quantitative estimate of drug-likeness (QED) is 0.132. The first-order chi connectivity index (χ1) is 19.0. The lowest BCUT2D eigenvalue weighted by Gasteiger charge is -2.28. The van der Waals surface area contributed by atoms with Crippen molar-refractivity contribution < 1.29 is 37.6 Å². The van der Waals surface area contributed by atoms with E-state index < -0.39 is 54.2 Å². The number of hydrogen-bond acceptors (Lipinski definition) is 13. The minimum atomic E-state index is -3.47. The molecule has 0 bridgehead atoms. The van der Waals surface area contributed by atoms with Crippen molar-refractivity contribution in [2.24, 2.45) is 5.41 Å². The molecule has 41 heavy (non-hydrogen) atoms. The van der Waals surface area contributed by atoms with Crippen molar-refractivity contribution in [3.05, 3.63) is 12.7 Å². The summed E-state index contributed by atoms with van der Waals surface area (Å²) in [6.07, 6.45) is -2.70. The molecule has 230 valence electrons. The normalized spacial score (nSPS) is 25.4. The number of ether oxygens (including phenoxy) is 2. The number of rotatable bonds is 12. The minimum Gasteiger partial charge on any atom is -0.462 e. The van der Waals surface area contributed by atoms with E-state index in [9.17, 15) is 14.7 Å². The van der Waals surface area contributed by atoms with E-state index in [1.54, 1.807) is 34.6 Å². The second kappa shape index (κ2) is 13.4. The Hall–Kier alpha value is -1.49. The van der Waals surface area contributed by atoms with Crippen molar-refractivity contribution in [2.75, 3.05) is 24.7 Å². The predicted octanol–water partition coefficient (Wildman–Crippen LogP) is 3.06. The lowest BCUT2D eigenvalue weighted by atomic mass is 10.00. The third kappa shape index (κ3) is 8.33. The summed E-state index contributed by atoms with van der Waals surface area (Å²) in [5.41, 5.74) is 5.63. The highest BCUT2D eigenvalue weighted by molar-refractivity contribution is 8.13. The minimum absolute atomic E-state index is 0.00409. The first-order valence-electron chi connectivity index (χ1n) is 12.6. The summed E-state index contributed by atoms with van der Waals surface area (Å²) in [6, 6.07) is -0.926. The Morgan fingerprint density at radius 2 is 2.02 bits per heavy atom. The topological polar surface area (TPSA) is 173 Å². The number of halogens is 2. The molecule has 1 unspecified atom stereocenters. The fraction of sp³-hybridized carbons (Fsp3) is 0.696. The number of hydrogen-bond donors (Lipinski definition) is 3. The third-order valence-corrected chi connectivity index (χ3v) is 9.99. The fourth-order valence-corrected chi connectivity index (χ4v) is 7.13. The number of nitrogens with zero attached hydrogens (tertiary/aromatic N) is 4. The van der Waals surface area contributed by atoms with Crippen molar-refractivity contribution in [2.45, 2.75) is 77.3 Å². The predicted molar refractivity (Wildman–Crippen MR) is 156 cm³/mol. The molecule has 0 amide bonds. The van der Waals surface area contributed by atoms with E-state index in [1.807, 2.05) is 0 Å². The number of fused-ring (bicyclic) bond motifs is 1. The van der Waals surface area contributed by atoms with Crippen LogP contribution in [-0.2, 0) is 39.9 Å². The summed E-state index contributed by atoms with van der Waals surface area (Å²) in [7, 11) is 0. The lowest BCUT2D eigenvalue weighted by Crippen LogP contribution is -2.39. The molecule has 0 radical (unpaired) electrons. The monoisotopic (exact) mass is 656 g/mol. The number of aromatic nitrogens is 4. The van der Waals surface area contributed by atoms with Crippen LogP contribution >= 0.6 is 30.0 Å². The van der Waals surface area contributed by atoms with Gasteiger partial charge in [0, 0.05) is 11.2 Å². The number of alkyl halides is 2. The molecule has 0 aliphatic carbocycles. The number of aliphatic hydroxyl groups is 1. The number of nitrogens with one attached hydrogen (secondary N) is 1. The van der Waals surface area contributed by atoms with E-state index >= 15 is 4.39 Å². The van der Waals surface area contributed by atoms with Gasteiger partial charge >= 0.3 is 5.97 Å². The van der Waals surface area contributed by atoms with Crippen LogP contribution in [0.1, 0.15) is 47.8 Å². The van der Waals surface area contributed by atoms with E-state index in [0.29, 0.717) is 0 Å². The first kappa shape index (κ1) is 34.0. The van der Waals surface area contributed by atoms with E-state index in [2.05, 4.69) is 20.0 Å². The molecule has 3 heterocycles. The van der Waals surface area contributed by atoms with E-state index in [0.717, 1.165) is 11.8 Å². The largest absolute Gasteiger partial charge is 0.462 e. The van der Waals surface area contributed by atoms with Crippen LogP contribution in [0.5, 0.6) is 0 Å². The Balaban J connectivity index is 1.74. The second-order valence-electron chi connectivity index (χ2n) is 10.6. The van der Waals surface area contributed by atoms with Gasteiger partial charge in [-0.25, -0.2) is 24.4 Å². The van der Waals surface area contributed by atoms with Crippen LogP contribution in [0.25, 0.3) is 11.2 Å². The van der Waals surface area contributed by atoms with Crippen molar-refractivity contribution in [1.82, 2.24) is 24.6 Å². The highest BCUT2D eigenvalue weighted by atomic mass is 35.5. The molecule has 1 fully saturated rings. The summed E-state index contributed by atoms with van der Waals surface area (Å²) in [6.45, 7) is 6.41. The summed E-state index contributed by atoms with van der Waals surface area (Å²) in [4.78, 5) is 36.7. The number of anilines is 1. The molecule has 1 aliphatic rings. The van der Waals surface area contributed by atoms with Crippen LogP contribution < -0.4 is 10.8 Å². The van der Waals surface area contributed by atoms with Crippen LogP contribution in [0, 0.1) is 5.41 Å². The Labute approximate surface area is 251 Å². The molecule has 1 saturated heterocycles. The number of esters is 1. The molecule has 4 N–H and O–H groups in total. The second-order valence-corrected chi connectivity index (χ2v) is 15.4. The summed E-state index contributed by atoms with van der Waals surface area (Å²) < 4.78 is 39.5. The van der Waals surface area contributed by atoms with Gasteiger partial charge in [0.25, 0.3) is 11.8 Å². The molecule has 2 aromatic rings. The zero-order valence-electron chi connectivity index (χ0n) is 23.4. The van der Waals surface area contributed by atoms with Crippen LogP contribution in [0.4, 0.5) is 10.2 Å². The molecule has 0 saturated carbocycles. The number of thioether (sulfide) groups is 1. The van der Waals surface area contributed by atoms with Crippen LogP contribution in [0.2, 0.25) is 0 Å². The highest BCUT2D eigenvalue weighted by Crippen LogP contribution is 2.49. The number of carbonyl (C=O) groups excluding carboxylic acids is 2. The van der Waals surface area contributed by atoms with Gasteiger partial charge in [-0.3, -0.25) is 14.2 Å². The van der Waals surface area contributed by atoms with Crippen molar-refractivity contribution in [3.8, 4) is 0 Å². The van der Waals surface area contributed by atoms with Gasteiger partial charge in [-0.2, -0.15) is 0 Å². The van der Waals surface area contributed by atoms with Crippen LogP contribution in [-0.4, -0.2) is 84.2 Å². The van der Waals surface area contributed by atoms with Gasteiger partial charge < -0.3 is 29.4 Å². The van der Waals surface area contributed by atoms with E-state index in [-0.39, 0.29) is 40.6 Å². The van der Waals surface area contributed by atoms with Gasteiger partial charge in [0.1, 0.15) is 30.1 Å². The molecular formula is C23H35ClFN6O7PS2. The molecule has 18 heteroatoms. The average Bonchev–Trinajstić information content (AvgIpc) is 3.38. The zero-order valence-corrected chi connectivity index (χ0v) is 26.7. The SMILES string of the molecule is CC(C)OC(=O)[C@@H](C)NP(=S)(OCCSC(=O)C(C)(C)C)OC[C@H]1O[C@@H](n2cnc3c(N)ncnc32)[C@](F)(Cl)[C@@H]1O. The molecule has 13 nitrogen and oxygen atoms in total. The maximum absolute atomic E-state index is 15.6. The number of nitrogens with two attached hydrogens (primary N) is 1. The Kier molecular flexibility index (Phi) is 11.1. The van der Waals surface area contributed by atoms with Gasteiger partial charge in [0.05, 0.1) is 25.6 Å². The number of imidazole rings is 1. The van der Waals surface area contributed by atoms with Gasteiger partial charge in [0.2, 0.25) is 0 Å². The van der Waals surface area contributed by atoms with Crippen molar-refractivity contribution in [1.29, 1.82) is 0 Å². The van der Waals surface area contributed by atoms with Crippen molar-refractivity contribution >= 4 is 69.9 Å². The first-order valence-corrected chi connectivity index (χ1v) is 16.7. The molecule has 0 aromatic carbocycles. The van der Waals surface area contributed by atoms with Gasteiger partial charge in [-0.1, -0.05) is 44.1 Å². The van der Waals surface area contributed by atoms with E-state index in [1.165, 1.54) is 24.1 Å². The molecule has 3 rings (SSSR count). The summed E-state index contributed by atoms with van der Waals surface area (Å²) >= 11 is 12.8. The maximum Gasteiger partial charge on any atom is 0.323 e.